The first kappa shape index (κ1) is 17.2. The second kappa shape index (κ2) is 6.88. The average molecular weight is 393 g/mol. The third kappa shape index (κ3) is 3.21. The molecule has 4 aromatic rings. The van der Waals surface area contributed by atoms with Crippen LogP contribution in [0, 0.1) is 0 Å². The van der Waals surface area contributed by atoms with E-state index in [1.54, 1.807) is 17.4 Å². The third-order valence-corrected chi connectivity index (χ3v) is 5.85. The zero-order valence-corrected chi connectivity index (χ0v) is 16.2. The number of hydrogen-bond donors (Lipinski definition) is 1. The maximum Gasteiger partial charge on any atom is 0.248 e. The second-order valence-corrected chi connectivity index (χ2v) is 7.84. The minimum absolute atomic E-state index is 0.135. The molecule has 0 amide bonds. The Bertz CT molecular complexity index is 1210. The van der Waals surface area contributed by atoms with Gasteiger partial charge in [0.1, 0.15) is 10.4 Å². The van der Waals surface area contributed by atoms with E-state index in [2.05, 4.69) is 21.8 Å². The number of piperazine rings is 1. The lowest BCUT2D eigenvalue weighted by molar-refractivity contribution is 0.311. The summed E-state index contributed by atoms with van der Waals surface area (Å²) in [6.07, 6.45) is 0. The van der Waals surface area contributed by atoms with Crippen molar-refractivity contribution in [3.63, 3.8) is 0 Å². The van der Waals surface area contributed by atoms with Crippen LogP contribution in [0.5, 0.6) is 11.6 Å². The molecule has 8 heteroatoms. The quantitative estimate of drug-likeness (QED) is 0.577. The summed E-state index contributed by atoms with van der Waals surface area (Å²) in [7, 11) is 2.12. The molecule has 0 bridgehead atoms. The second-order valence-electron chi connectivity index (χ2n) is 6.93. The van der Waals surface area contributed by atoms with Crippen molar-refractivity contribution in [3.05, 3.63) is 52.1 Å². The molecule has 1 N–H and O–H groups in total. The van der Waals surface area contributed by atoms with Gasteiger partial charge in [0.05, 0.1) is 11.0 Å². The summed E-state index contributed by atoms with van der Waals surface area (Å²) < 4.78 is 7.07. The number of aromatic nitrogens is 3. The number of rotatable bonds is 3. The van der Waals surface area contributed by atoms with Crippen molar-refractivity contribution in [2.45, 2.75) is 0 Å². The molecule has 0 atom stereocenters. The van der Waals surface area contributed by atoms with Gasteiger partial charge in [-0.3, -0.25) is 4.79 Å². The molecule has 1 aliphatic heterocycles. The Hall–Kier alpha value is -2.97. The van der Waals surface area contributed by atoms with Crippen LogP contribution in [0.2, 0.25) is 0 Å². The van der Waals surface area contributed by atoms with Crippen LogP contribution in [0.15, 0.2) is 46.6 Å². The van der Waals surface area contributed by atoms with E-state index in [0.717, 1.165) is 47.3 Å². The predicted molar refractivity (Wildman–Crippen MR) is 112 cm³/mol. The van der Waals surface area contributed by atoms with Gasteiger partial charge in [-0.25, -0.2) is 4.98 Å². The van der Waals surface area contributed by atoms with E-state index >= 15 is 0 Å². The lowest BCUT2D eigenvalue weighted by atomic mass is 10.2. The van der Waals surface area contributed by atoms with Crippen molar-refractivity contribution < 1.29 is 4.74 Å². The van der Waals surface area contributed by atoms with E-state index in [1.165, 1.54) is 6.07 Å². The van der Waals surface area contributed by atoms with E-state index in [0.29, 0.717) is 17.6 Å². The fourth-order valence-corrected chi connectivity index (χ4v) is 4.10. The molecule has 4 heterocycles. The fourth-order valence-electron chi connectivity index (χ4n) is 3.35. The number of anilines is 1. The fraction of sp³-hybridized carbons (Fsp3) is 0.250. The zero-order chi connectivity index (χ0) is 19.1. The molecule has 1 aliphatic rings. The smallest absolute Gasteiger partial charge is 0.248 e. The maximum absolute atomic E-state index is 11.6. The summed E-state index contributed by atoms with van der Waals surface area (Å²) in [5, 5.41) is 2.95. The van der Waals surface area contributed by atoms with Gasteiger partial charge in [-0.05, 0) is 42.1 Å². The van der Waals surface area contributed by atoms with Crippen molar-refractivity contribution in [2.75, 3.05) is 38.1 Å². The number of fused-ring (bicyclic) bond motifs is 2. The van der Waals surface area contributed by atoms with Gasteiger partial charge < -0.3 is 19.5 Å². The molecule has 1 saturated heterocycles. The highest BCUT2D eigenvalue weighted by Crippen LogP contribution is 2.34. The normalized spacial score (nSPS) is 15.4. The van der Waals surface area contributed by atoms with Crippen molar-refractivity contribution in [2.24, 2.45) is 0 Å². The Labute approximate surface area is 165 Å². The van der Waals surface area contributed by atoms with E-state index in [4.69, 9.17) is 14.7 Å². The van der Waals surface area contributed by atoms with Crippen molar-refractivity contribution in [3.8, 4) is 11.6 Å². The number of ether oxygens (including phenoxy) is 1. The number of likely N-dealkylation sites (N-methyl/N-ethyl adjacent to an activating group) is 1. The molecular weight excluding hydrogens is 374 g/mol. The number of pyridine rings is 1. The number of aromatic amines is 1. The SMILES string of the molecule is CN1CCN(c2nc(Oc3ccc4ccc(=O)[nH]c4c3)c3sccc3n2)CC1. The molecule has 28 heavy (non-hydrogen) atoms. The first-order valence-corrected chi connectivity index (χ1v) is 10.0. The summed E-state index contributed by atoms with van der Waals surface area (Å²) >= 11 is 1.56. The topological polar surface area (TPSA) is 74.3 Å². The Kier molecular flexibility index (Phi) is 4.22. The van der Waals surface area contributed by atoms with Crippen LogP contribution in [0.4, 0.5) is 5.95 Å². The van der Waals surface area contributed by atoms with E-state index in [9.17, 15) is 4.79 Å². The van der Waals surface area contributed by atoms with Crippen LogP contribution >= 0.6 is 11.3 Å². The Morgan fingerprint density at radius 2 is 1.89 bits per heavy atom. The van der Waals surface area contributed by atoms with Crippen LogP contribution in [-0.2, 0) is 0 Å². The van der Waals surface area contributed by atoms with Gasteiger partial charge in [0, 0.05) is 38.3 Å². The van der Waals surface area contributed by atoms with Crippen LogP contribution < -0.4 is 15.2 Å². The molecule has 1 aromatic carbocycles. The largest absolute Gasteiger partial charge is 0.437 e. The van der Waals surface area contributed by atoms with Gasteiger partial charge in [-0.15, -0.1) is 11.3 Å². The summed E-state index contributed by atoms with van der Waals surface area (Å²) in [4.78, 5) is 28.4. The molecule has 1 fully saturated rings. The number of H-pyrrole nitrogens is 1. The molecular formula is C20H19N5O2S. The van der Waals surface area contributed by atoms with Gasteiger partial charge in [0.15, 0.2) is 0 Å². The van der Waals surface area contributed by atoms with Crippen molar-refractivity contribution in [1.82, 2.24) is 19.9 Å². The summed E-state index contributed by atoms with van der Waals surface area (Å²) in [6, 6.07) is 10.9. The molecule has 0 saturated carbocycles. The Morgan fingerprint density at radius 3 is 2.75 bits per heavy atom. The number of thiophene rings is 1. The summed E-state index contributed by atoms with van der Waals surface area (Å²) in [6.45, 7) is 3.75. The van der Waals surface area contributed by atoms with Gasteiger partial charge in [0.25, 0.3) is 0 Å². The minimum Gasteiger partial charge on any atom is -0.437 e. The number of hydrogen-bond acceptors (Lipinski definition) is 7. The van der Waals surface area contributed by atoms with Gasteiger partial charge in [0.2, 0.25) is 17.4 Å². The highest BCUT2D eigenvalue weighted by atomic mass is 32.1. The average Bonchev–Trinajstić information content (AvgIpc) is 3.17. The minimum atomic E-state index is -0.135. The monoisotopic (exact) mass is 393 g/mol. The number of benzene rings is 1. The van der Waals surface area contributed by atoms with E-state index in [-0.39, 0.29) is 5.56 Å². The van der Waals surface area contributed by atoms with Crippen LogP contribution in [0.3, 0.4) is 0 Å². The molecule has 3 aromatic heterocycles. The zero-order valence-electron chi connectivity index (χ0n) is 15.4. The van der Waals surface area contributed by atoms with Gasteiger partial charge in [-0.1, -0.05) is 0 Å². The Morgan fingerprint density at radius 1 is 1.07 bits per heavy atom. The summed E-state index contributed by atoms with van der Waals surface area (Å²) in [5.41, 5.74) is 1.49. The van der Waals surface area contributed by atoms with Gasteiger partial charge in [-0.2, -0.15) is 4.98 Å². The molecule has 0 spiro atoms. The van der Waals surface area contributed by atoms with E-state index < -0.39 is 0 Å². The third-order valence-electron chi connectivity index (χ3n) is 4.96. The molecule has 0 unspecified atom stereocenters. The molecule has 0 radical (unpaired) electrons. The maximum atomic E-state index is 11.6. The highest BCUT2D eigenvalue weighted by Gasteiger charge is 2.19. The molecule has 0 aliphatic carbocycles. The molecule has 5 rings (SSSR count). The number of nitrogens with one attached hydrogen (secondary N) is 1. The van der Waals surface area contributed by atoms with E-state index in [1.807, 2.05) is 29.6 Å². The van der Waals surface area contributed by atoms with Crippen molar-refractivity contribution >= 4 is 38.4 Å². The first-order chi connectivity index (χ1) is 13.7. The lowest BCUT2D eigenvalue weighted by Gasteiger charge is -2.32. The molecule has 7 nitrogen and oxygen atoms in total. The van der Waals surface area contributed by atoms with Crippen molar-refractivity contribution in [1.29, 1.82) is 0 Å². The number of nitrogens with zero attached hydrogens (tertiary/aromatic N) is 4. The van der Waals surface area contributed by atoms with Crippen LogP contribution in [0.1, 0.15) is 0 Å². The first-order valence-electron chi connectivity index (χ1n) is 9.15. The summed E-state index contributed by atoms with van der Waals surface area (Å²) in [5.74, 6) is 1.88. The lowest BCUT2D eigenvalue weighted by Crippen LogP contribution is -2.45. The van der Waals surface area contributed by atoms with Crippen LogP contribution in [0.25, 0.3) is 21.1 Å². The predicted octanol–water partition coefficient (Wildman–Crippen LogP) is 3.08. The standard InChI is InChI=1S/C20H19N5O2S/c1-24-7-9-25(10-8-24)20-22-15-6-11-28-18(15)19(23-20)27-14-4-2-13-3-5-17(26)21-16(13)12-14/h2-6,11-12H,7-10H2,1H3,(H,21,26). The highest BCUT2D eigenvalue weighted by molar-refractivity contribution is 7.17. The Balaban J connectivity index is 1.53. The molecule has 142 valence electrons. The van der Waals surface area contributed by atoms with Gasteiger partial charge >= 0.3 is 0 Å². The van der Waals surface area contributed by atoms with Crippen LogP contribution in [-0.4, -0.2) is 53.1 Å².